The van der Waals surface area contributed by atoms with Crippen LogP contribution < -0.4 is 10.2 Å². The molecule has 1 unspecified atom stereocenters. The van der Waals surface area contributed by atoms with Crippen molar-refractivity contribution in [2.24, 2.45) is 0 Å². The van der Waals surface area contributed by atoms with Crippen LogP contribution >= 0.6 is 27.5 Å². The Bertz CT molecular complexity index is 1210. The zero-order chi connectivity index (χ0) is 22.5. The molecule has 9 heteroatoms. The molecule has 2 heterocycles. The summed E-state index contributed by atoms with van der Waals surface area (Å²) in [6.07, 6.45) is 0. The van der Waals surface area contributed by atoms with Crippen LogP contribution in [0.4, 0.5) is 5.69 Å². The van der Waals surface area contributed by atoms with E-state index in [0.717, 1.165) is 17.1 Å². The number of carbonyl (C=O) groups is 2. The smallest absolute Gasteiger partial charge is 0.280 e. The number of rotatable bonds is 7. The Morgan fingerprint density at radius 1 is 1.09 bits per heavy atom. The summed E-state index contributed by atoms with van der Waals surface area (Å²) in [5.74, 6) is 0.145. The van der Waals surface area contributed by atoms with Crippen molar-refractivity contribution >= 4 is 45.0 Å². The Balaban J connectivity index is 1.77. The number of amides is 2. The first kappa shape index (κ1) is 21.9. The predicted octanol–water partition coefficient (Wildman–Crippen LogP) is 4.91. The predicted molar refractivity (Wildman–Crippen MR) is 125 cm³/mol. The van der Waals surface area contributed by atoms with E-state index in [4.69, 9.17) is 4.42 Å². The standard InChI is InChI=1S/C23H19BrN4O3S/c1-15-11-12-20(31-15)21(22(29)25-13-16-7-3-2-4-8-16)28(19-10-6-5-9-17(19)24)23(30)18-14-32-27-26-18/h2-12,14,21H,13H2,1H3,(H,25,29). The average Bonchev–Trinajstić information content (AvgIpc) is 3.49. The highest BCUT2D eigenvalue weighted by atomic mass is 79.9. The van der Waals surface area contributed by atoms with Gasteiger partial charge in [-0.15, -0.1) is 5.10 Å². The Morgan fingerprint density at radius 2 is 1.84 bits per heavy atom. The number of carbonyl (C=O) groups excluding carboxylic acids is 2. The summed E-state index contributed by atoms with van der Waals surface area (Å²) in [6, 6.07) is 19.2. The molecule has 0 saturated heterocycles. The number of hydrogen-bond acceptors (Lipinski definition) is 6. The molecule has 2 aromatic carbocycles. The van der Waals surface area contributed by atoms with Gasteiger partial charge in [-0.1, -0.05) is 47.0 Å². The zero-order valence-corrected chi connectivity index (χ0v) is 19.5. The van der Waals surface area contributed by atoms with Crippen LogP contribution in [0.3, 0.4) is 0 Å². The first-order valence-corrected chi connectivity index (χ1v) is 11.4. The fourth-order valence-electron chi connectivity index (χ4n) is 3.25. The number of halogens is 1. The number of nitrogens with one attached hydrogen (secondary N) is 1. The van der Waals surface area contributed by atoms with Crippen molar-refractivity contribution in [3.63, 3.8) is 0 Å². The molecular formula is C23H19BrN4O3S. The van der Waals surface area contributed by atoms with Gasteiger partial charge in [0, 0.05) is 16.4 Å². The van der Waals surface area contributed by atoms with Crippen molar-refractivity contribution in [3.8, 4) is 0 Å². The molecule has 0 saturated carbocycles. The average molecular weight is 511 g/mol. The van der Waals surface area contributed by atoms with Crippen molar-refractivity contribution in [1.82, 2.24) is 14.9 Å². The molecule has 0 radical (unpaired) electrons. The Labute approximate surface area is 197 Å². The van der Waals surface area contributed by atoms with E-state index in [1.807, 2.05) is 36.4 Å². The minimum Gasteiger partial charge on any atom is -0.464 e. The van der Waals surface area contributed by atoms with Gasteiger partial charge in [0.1, 0.15) is 11.5 Å². The fraction of sp³-hybridized carbons (Fsp3) is 0.130. The van der Waals surface area contributed by atoms with Crippen LogP contribution in [0.15, 0.2) is 81.0 Å². The van der Waals surface area contributed by atoms with E-state index in [9.17, 15) is 9.59 Å². The molecule has 2 aromatic heterocycles. The summed E-state index contributed by atoms with van der Waals surface area (Å²) in [5.41, 5.74) is 1.60. The topological polar surface area (TPSA) is 88.3 Å². The van der Waals surface area contributed by atoms with Gasteiger partial charge in [-0.25, -0.2) is 0 Å². The van der Waals surface area contributed by atoms with Crippen molar-refractivity contribution in [2.45, 2.75) is 19.5 Å². The third-order valence-electron chi connectivity index (χ3n) is 4.76. The highest BCUT2D eigenvalue weighted by Crippen LogP contribution is 2.35. The SMILES string of the molecule is Cc1ccc(C(C(=O)NCc2ccccc2)N(C(=O)c2csnn2)c2ccccc2Br)o1. The minimum atomic E-state index is -1.06. The number of hydrogen-bond donors (Lipinski definition) is 1. The Kier molecular flexibility index (Phi) is 6.77. The molecule has 32 heavy (non-hydrogen) atoms. The number of anilines is 1. The summed E-state index contributed by atoms with van der Waals surface area (Å²) in [4.78, 5) is 28.4. The number of para-hydroxylation sites is 1. The van der Waals surface area contributed by atoms with E-state index >= 15 is 0 Å². The van der Waals surface area contributed by atoms with Gasteiger partial charge in [-0.2, -0.15) is 0 Å². The van der Waals surface area contributed by atoms with Gasteiger partial charge in [-0.05, 0) is 64.2 Å². The molecule has 0 aliphatic rings. The molecule has 1 N–H and O–H groups in total. The minimum absolute atomic E-state index is 0.148. The lowest BCUT2D eigenvalue weighted by atomic mass is 10.1. The third-order valence-corrected chi connectivity index (χ3v) is 5.93. The molecule has 0 fully saturated rings. The molecule has 162 valence electrons. The van der Waals surface area contributed by atoms with Crippen LogP contribution in [0.1, 0.15) is 33.6 Å². The lowest BCUT2D eigenvalue weighted by Crippen LogP contribution is -2.44. The second kappa shape index (κ2) is 9.88. The van der Waals surface area contributed by atoms with Gasteiger partial charge in [-0.3, -0.25) is 14.5 Å². The molecule has 0 spiro atoms. The zero-order valence-electron chi connectivity index (χ0n) is 17.1. The number of benzene rings is 2. The molecule has 0 bridgehead atoms. The van der Waals surface area contributed by atoms with Gasteiger partial charge in [0.25, 0.3) is 11.8 Å². The van der Waals surface area contributed by atoms with Crippen LogP contribution in [0.2, 0.25) is 0 Å². The highest BCUT2D eigenvalue weighted by molar-refractivity contribution is 9.10. The lowest BCUT2D eigenvalue weighted by Gasteiger charge is -2.30. The molecule has 7 nitrogen and oxygen atoms in total. The maximum Gasteiger partial charge on any atom is 0.280 e. The summed E-state index contributed by atoms with van der Waals surface area (Å²) in [5, 5.41) is 8.42. The van der Waals surface area contributed by atoms with Crippen LogP contribution in [-0.2, 0) is 11.3 Å². The largest absolute Gasteiger partial charge is 0.464 e. The van der Waals surface area contributed by atoms with E-state index in [2.05, 4.69) is 30.8 Å². The Morgan fingerprint density at radius 3 is 2.50 bits per heavy atom. The fourth-order valence-corrected chi connectivity index (χ4v) is 4.16. The van der Waals surface area contributed by atoms with E-state index in [0.29, 0.717) is 28.2 Å². The van der Waals surface area contributed by atoms with Gasteiger partial charge < -0.3 is 9.73 Å². The van der Waals surface area contributed by atoms with Gasteiger partial charge >= 0.3 is 0 Å². The van der Waals surface area contributed by atoms with E-state index in [1.165, 1.54) is 4.90 Å². The van der Waals surface area contributed by atoms with Crippen LogP contribution in [0.5, 0.6) is 0 Å². The quantitative estimate of drug-likeness (QED) is 0.381. The van der Waals surface area contributed by atoms with Crippen LogP contribution in [-0.4, -0.2) is 21.4 Å². The maximum atomic E-state index is 13.5. The second-order valence-electron chi connectivity index (χ2n) is 6.97. The molecule has 4 aromatic rings. The van der Waals surface area contributed by atoms with Gasteiger partial charge in [0.05, 0.1) is 5.69 Å². The first-order valence-electron chi connectivity index (χ1n) is 9.77. The lowest BCUT2D eigenvalue weighted by molar-refractivity contribution is -0.123. The number of aryl methyl sites for hydroxylation is 1. The monoisotopic (exact) mass is 510 g/mol. The van der Waals surface area contributed by atoms with E-state index in [1.54, 1.807) is 42.6 Å². The normalized spacial score (nSPS) is 11.7. The first-order chi connectivity index (χ1) is 15.5. The van der Waals surface area contributed by atoms with E-state index in [-0.39, 0.29) is 11.6 Å². The van der Waals surface area contributed by atoms with Crippen molar-refractivity contribution < 1.29 is 14.0 Å². The molecule has 1 atom stereocenters. The molecular weight excluding hydrogens is 492 g/mol. The summed E-state index contributed by atoms with van der Waals surface area (Å²) >= 11 is 4.58. The van der Waals surface area contributed by atoms with Crippen molar-refractivity contribution in [1.29, 1.82) is 0 Å². The number of furan rings is 1. The van der Waals surface area contributed by atoms with Gasteiger partial charge in [0.2, 0.25) is 0 Å². The number of nitrogens with zero attached hydrogens (tertiary/aromatic N) is 3. The maximum absolute atomic E-state index is 13.5. The summed E-state index contributed by atoms with van der Waals surface area (Å²) in [6.45, 7) is 2.10. The van der Waals surface area contributed by atoms with Crippen molar-refractivity contribution in [2.75, 3.05) is 4.90 Å². The number of aromatic nitrogens is 2. The van der Waals surface area contributed by atoms with Crippen molar-refractivity contribution in [3.05, 3.63) is 99.4 Å². The highest BCUT2D eigenvalue weighted by Gasteiger charge is 2.37. The molecule has 0 aliphatic heterocycles. The van der Waals surface area contributed by atoms with Gasteiger partial charge in [0.15, 0.2) is 11.7 Å². The second-order valence-corrected chi connectivity index (χ2v) is 8.44. The molecule has 4 rings (SSSR count). The summed E-state index contributed by atoms with van der Waals surface area (Å²) < 4.78 is 10.3. The molecule has 2 amide bonds. The van der Waals surface area contributed by atoms with Crippen LogP contribution in [0, 0.1) is 6.92 Å². The summed E-state index contributed by atoms with van der Waals surface area (Å²) in [7, 11) is 0. The molecule has 0 aliphatic carbocycles. The Hall–Kier alpha value is -3.30. The van der Waals surface area contributed by atoms with Crippen LogP contribution in [0.25, 0.3) is 0 Å². The third kappa shape index (κ3) is 4.79. The van der Waals surface area contributed by atoms with E-state index < -0.39 is 11.9 Å².